The number of hydrogen-bond acceptors (Lipinski definition) is 10. The van der Waals surface area contributed by atoms with Crippen molar-refractivity contribution in [2.24, 2.45) is 0 Å². The number of carbonyl (C=O) groups excluding carboxylic acids is 1. The number of benzene rings is 1. The number of rotatable bonds is 14. The number of anilines is 1. The van der Waals surface area contributed by atoms with Crippen molar-refractivity contribution in [2.45, 2.75) is 58.7 Å². The number of nitrogens with zero attached hydrogens (tertiary/aromatic N) is 6. The Morgan fingerprint density at radius 3 is 2.70 bits per heavy atom. The molecule has 0 atom stereocenters. The molecule has 0 aliphatic carbocycles. The van der Waals surface area contributed by atoms with Crippen LogP contribution in [0.15, 0.2) is 43.0 Å². The second-order valence-corrected chi connectivity index (χ2v) is 11.9. The van der Waals surface area contributed by atoms with Gasteiger partial charge in [-0.15, -0.1) is 0 Å². The minimum Gasteiger partial charge on any atom is -0.490 e. The van der Waals surface area contributed by atoms with Gasteiger partial charge in [0.25, 0.3) is 5.91 Å². The highest BCUT2D eigenvalue weighted by molar-refractivity contribution is 5.97. The minimum absolute atomic E-state index is 0.0442. The van der Waals surface area contributed by atoms with Gasteiger partial charge in [0, 0.05) is 88.6 Å². The molecule has 4 heterocycles. The second kappa shape index (κ2) is 16.1. The molecule has 1 N–H and O–H groups in total. The molecule has 3 aromatic rings. The molecule has 12 heteroatoms. The molecule has 2 aliphatic heterocycles. The number of ether oxygens (including phenoxy) is 3. The Bertz CT molecular complexity index is 1450. The van der Waals surface area contributed by atoms with E-state index in [1.165, 1.54) is 30.1 Å². The fourth-order valence-electron chi connectivity index (χ4n) is 6.00. The normalized spacial score (nSPS) is 15.6. The van der Waals surface area contributed by atoms with Gasteiger partial charge < -0.3 is 29.3 Å². The van der Waals surface area contributed by atoms with Crippen LogP contribution in [0.4, 0.5) is 10.2 Å². The molecular formula is C34H46FN7O4. The zero-order chi connectivity index (χ0) is 32.5. The Kier molecular flexibility index (Phi) is 11.7. The lowest BCUT2D eigenvalue weighted by molar-refractivity contribution is 0.0713. The molecule has 248 valence electrons. The number of carbonyl (C=O) groups is 1. The molecule has 1 fully saturated rings. The smallest absolute Gasteiger partial charge is 0.257 e. The third-order valence-corrected chi connectivity index (χ3v) is 8.51. The lowest BCUT2D eigenvalue weighted by Gasteiger charge is -2.35. The van der Waals surface area contributed by atoms with Crippen molar-refractivity contribution in [1.82, 2.24) is 30.1 Å². The van der Waals surface area contributed by atoms with Crippen LogP contribution in [0.5, 0.6) is 17.2 Å². The van der Waals surface area contributed by atoms with Crippen LogP contribution in [-0.4, -0.2) is 102 Å². The summed E-state index contributed by atoms with van der Waals surface area (Å²) < 4.78 is 32.9. The van der Waals surface area contributed by atoms with Crippen LogP contribution in [0.1, 0.15) is 55.2 Å². The summed E-state index contributed by atoms with van der Waals surface area (Å²) in [5.74, 6) is 1.42. The van der Waals surface area contributed by atoms with E-state index in [2.05, 4.69) is 30.1 Å². The van der Waals surface area contributed by atoms with Gasteiger partial charge in [0.1, 0.15) is 29.7 Å². The first-order valence-corrected chi connectivity index (χ1v) is 16.3. The Morgan fingerprint density at radius 2 is 1.93 bits per heavy atom. The van der Waals surface area contributed by atoms with E-state index in [1.807, 2.05) is 40.1 Å². The van der Waals surface area contributed by atoms with E-state index in [1.54, 1.807) is 11.1 Å². The van der Waals surface area contributed by atoms with Crippen molar-refractivity contribution in [3.8, 4) is 17.2 Å². The number of nitrogens with one attached hydrogen (secondary N) is 1. The molecule has 5 rings (SSSR count). The highest BCUT2D eigenvalue weighted by Gasteiger charge is 2.28. The molecule has 11 nitrogen and oxygen atoms in total. The van der Waals surface area contributed by atoms with Crippen molar-refractivity contribution in [1.29, 1.82) is 0 Å². The van der Waals surface area contributed by atoms with Crippen LogP contribution < -0.4 is 19.7 Å². The number of piperidine rings is 1. The molecule has 1 amide bonds. The number of amides is 1. The Morgan fingerprint density at radius 1 is 1.11 bits per heavy atom. The highest BCUT2D eigenvalue weighted by atomic mass is 19.1. The number of likely N-dealkylation sites (N-methyl/N-ethyl adjacent to an activating group) is 1. The Labute approximate surface area is 271 Å². The van der Waals surface area contributed by atoms with E-state index >= 15 is 0 Å². The monoisotopic (exact) mass is 635 g/mol. The first-order valence-electron chi connectivity index (χ1n) is 16.3. The van der Waals surface area contributed by atoms with Gasteiger partial charge in [0.15, 0.2) is 11.6 Å². The van der Waals surface area contributed by atoms with Crippen molar-refractivity contribution in [3.63, 3.8) is 0 Å². The first kappa shape index (κ1) is 33.5. The first-order chi connectivity index (χ1) is 22.4. The number of fused-ring (bicyclic) bond motifs is 1. The summed E-state index contributed by atoms with van der Waals surface area (Å²) in [6.45, 7) is 12.6. The van der Waals surface area contributed by atoms with Gasteiger partial charge in [-0.2, -0.15) is 0 Å². The number of halogens is 1. The summed E-state index contributed by atoms with van der Waals surface area (Å²) >= 11 is 0. The van der Waals surface area contributed by atoms with Crippen LogP contribution in [0.3, 0.4) is 0 Å². The maximum absolute atomic E-state index is 14.3. The lowest BCUT2D eigenvalue weighted by atomic mass is 10.0. The third-order valence-electron chi connectivity index (χ3n) is 8.51. The standard InChI is InChI=1S/C34H46FN7O4/c1-5-42(24(2)3)34(43)27-20-25(35)6-7-30(27)46-32-21-37-23-39-33(32)41-15-9-26(10-16-41)45-31-8-12-38-29-11-14-40(22-28(29)31)17-19-44-18-13-36-4/h6-8,12,20-21,23-24,26,36H,5,9-11,13-19,22H2,1-4H3. The van der Waals surface area contributed by atoms with Crippen molar-refractivity contribution in [2.75, 3.05) is 64.4 Å². The second-order valence-electron chi connectivity index (χ2n) is 11.9. The fraction of sp³-hybridized carbons (Fsp3) is 0.529. The number of aromatic nitrogens is 3. The van der Waals surface area contributed by atoms with E-state index in [-0.39, 0.29) is 29.4 Å². The third kappa shape index (κ3) is 8.28. The van der Waals surface area contributed by atoms with Gasteiger partial charge in [-0.1, -0.05) is 0 Å². The van der Waals surface area contributed by atoms with Crippen LogP contribution in [-0.2, 0) is 17.7 Å². The predicted molar refractivity (Wildman–Crippen MR) is 174 cm³/mol. The van der Waals surface area contributed by atoms with E-state index in [4.69, 9.17) is 14.2 Å². The van der Waals surface area contributed by atoms with Gasteiger partial charge >= 0.3 is 0 Å². The van der Waals surface area contributed by atoms with E-state index in [0.717, 1.165) is 56.9 Å². The Balaban J connectivity index is 1.23. The van der Waals surface area contributed by atoms with Crippen molar-refractivity contribution < 1.29 is 23.4 Å². The SMILES string of the molecule is CCN(C(=O)c1cc(F)ccc1Oc1cncnc1N1CCC(Oc2ccnc3c2CN(CCOCCNC)CC3)CC1)C(C)C. The molecule has 2 aliphatic rings. The van der Waals surface area contributed by atoms with E-state index < -0.39 is 5.82 Å². The Hall–Kier alpha value is -3.87. The largest absolute Gasteiger partial charge is 0.490 e. The van der Waals surface area contributed by atoms with Crippen LogP contribution in [0.25, 0.3) is 0 Å². The van der Waals surface area contributed by atoms with Crippen LogP contribution >= 0.6 is 0 Å². The fourth-order valence-corrected chi connectivity index (χ4v) is 6.00. The maximum Gasteiger partial charge on any atom is 0.257 e. The van der Waals surface area contributed by atoms with Crippen LogP contribution in [0.2, 0.25) is 0 Å². The van der Waals surface area contributed by atoms with E-state index in [9.17, 15) is 9.18 Å². The molecule has 0 unspecified atom stereocenters. The maximum atomic E-state index is 14.3. The molecule has 0 radical (unpaired) electrons. The number of pyridine rings is 1. The topological polar surface area (TPSA) is 105 Å². The van der Waals surface area contributed by atoms with Gasteiger partial charge in [-0.3, -0.25) is 14.7 Å². The zero-order valence-corrected chi connectivity index (χ0v) is 27.4. The van der Waals surface area contributed by atoms with Gasteiger partial charge in [0.2, 0.25) is 0 Å². The highest BCUT2D eigenvalue weighted by Crippen LogP contribution is 2.35. The summed E-state index contributed by atoms with van der Waals surface area (Å²) in [5.41, 5.74) is 2.44. The molecule has 46 heavy (non-hydrogen) atoms. The molecule has 1 saturated heterocycles. The average molecular weight is 636 g/mol. The minimum atomic E-state index is -0.500. The van der Waals surface area contributed by atoms with Crippen molar-refractivity contribution >= 4 is 11.7 Å². The summed E-state index contributed by atoms with van der Waals surface area (Å²) in [6, 6.07) is 5.94. The van der Waals surface area contributed by atoms with Crippen LogP contribution in [0, 0.1) is 5.82 Å². The van der Waals surface area contributed by atoms with Gasteiger partial charge in [-0.05, 0) is 52.1 Å². The molecule has 1 aromatic carbocycles. The van der Waals surface area contributed by atoms with Crippen molar-refractivity contribution in [3.05, 3.63) is 65.6 Å². The summed E-state index contributed by atoms with van der Waals surface area (Å²) in [7, 11) is 1.93. The predicted octanol–water partition coefficient (Wildman–Crippen LogP) is 4.32. The molecule has 0 saturated carbocycles. The summed E-state index contributed by atoms with van der Waals surface area (Å²) in [4.78, 5) is 32.9. The molecular weight excluding hydrogens is 589 g/mol. The lowest BCUT2D eigenvalue weighted by Crippen LogP contribution is -2.39. The van der Waals surface area contributed by atoms with Gasteiger partial charge in [0.05, 0.1) is 25.0 Å². The summed E-state index contributed by atoms with van der Waals surface area (Å²) in [6.07, 6.45) is 7.45. The number of hydrogen-bond donors (Lipinski definition) is 1. The molecule has 0 spiro atoms. The molecule has 0 bridgehead atoms. The van der Waals surface area contributed by atoms with Gasteiger partial charge in [-0.25, -0.2) is 14.4 Å². The quantitative estimate of drug-likeness (QED) is 0.258. The zero-order valence-electron chi connectivity index (χ0n) is 27.4. The molecule has 2 aromatic heterocycles. The summed E-state index contributed by atoms with van der Waals surface area (Å²) in [5, 5.41) is 3.10. The average Bonchev–Trinajstić information content (AvgIpc) is 3.06. The van der Waals surface area contributed by atoms with E-state index in [0.29, 0.717) is 44.4 Å².